The molecular formula is C24H19Cl2N3O2S. The van der Waals surface area contributed by atoms with Crippen LogP contribution in [0.15, 0.2) is 64.5 Å². The van der Waals surface area contributed by atoms with Crippen LogP contribution in [0, 0.1) is 0 Å². The van der Waals surface area contributed by atoms with E-state index in [1.54, 1.807) is 38.1 Å². The van der Waals surface area contributed by atoms with Crippen molar-refractivity contribution in [3.8, 4) is 11.5 Å². The van der Waals surface area contributed by atoms with Crippen molar-refractivity contribution in [1.29, 1.82) is 0 Å². The Morgan fingerprint density at radius 2 is 1.75 bits per heavy atom. The zero-order valence-corrected chi connectivity index (χ0v) is 19.7. The number of aliphatic imine (C=N–C) groups is 1. The van der Waals surface area contributed by atoms with E-state index in [4.69, 9.17) is 42.7 Å². The van der Waals surface area contributed by atoms with Crippen LogP contribution in [-0.2, 0) is 0 Å². The van der Waals surface area contributed by atoms with Gasteiger partial charge in [0.2, 0.25) is 0 Å². The third-order valence-electron chi connectivity index (χ3n) is 5.35. The molecule has 1 aliphatic heterocycles. The van der Waals surface area contributed by atoms with Crippen LogP contribution in [0.3, 0.4) is 0 Å². The number of aromatic amines is 1. The van der Waals surface area contributed by atoms with Gasteiger partial charge < -0.3 is 14.5 Å². The molecule has 1 unspecified atom stereocenters. The number of imidazole rings is 1. The number of nitrogens with one attached hydrogen (secondary N) is 1. The summed E-state index contributed by atoms with van der Waals surface area (Å²) in [4.78, 5) is 14.2. The summed E-state index contributed by atoms with van der Waals surface area (Å²) in [7, 11) is 3.29. The molecule has 5 rings (SSSR count). The predicted octanol–water partition coefficient (Wildman–Crippen LogP) is 7.24. The fourth-order valence-electron chi connectivity index (χ4n) is 3.74. The van der Waals surface area contributed by atoms with Crippen molar-refractivity contribution in [2.75, 3.05) is 14.2 Å². The Morgan fingerprint density at radius 1 is 0.969 bits per heavy atom. The minimum absolute atomic E-state index is 0.109. The van der Waals surface area contributed by atoms with Crippen LogP contribution in [0.25, 0.3) is 11.0 Å². The van der Waals surface area contributed by atoms with E-state index in [9.17, 15) is 0 Å². The zero-order chi connectivity index (χ0) is 22.2. The lowest BCUT2D eigenvalue weighted by Crippen LogP contribution is -2.07. The number of nitrogens with zero attached hydrogens (tertiary/aromatic N) is 2. The maximum atomic E-state index is 6.20. The lowest BCUT2D eigenvalue weighted by Gasteiger charge is -2.17. The molecule has 0 saturated heterocycles. The van der Waals surface area contributed by atoms with Gasteiger partial charge in [-0.25, -0.2) is 9.98 Å². The summed E-state index contributed by atoms with van der Waals surface area (Å²) in [6.45, 7) is 0. The van der Waals surface area contributed by atoms with Crippen LogP contribution in [0.5, 0.6) is 11.5 Å². The largest absolute Gasteiger partial charge is 0.493 e. The lowest BCUT2D eigenvalue weighted by atomic mass is 10.1. The summed E-state index contributed by atoms with van der Waals surface area (Å²) in [5, 5.41) is 1.07. The van der Waals surface area contributed by atoms with Gasteiger partial charge >= 0.3 is 0 Å². The summed E-state index contributed by atoms with van der Waals surface area (Å²) in [5.41, 5.74) is 4.49. The van der Waals surface area contributed by atoms with Gasteiger partial charge in [-0.05, 0) is 42.0 Å². The Morgan fingerprint density at radius 3 is 2.56 bits per heavy atom. The van der Waals surface area contributed by atoms with Crippen molar-refractivity contribution >= 4 is 57.4 Å². The third kappa shape index (κ3) is 3.94. The van der Waals surface area contributed by atoms with Crippen LogP contribution in [-0.4, -0.2) is 29.9 Å². The average Bonchev–Trinajstić information content (AvgIpc) is 3.10. The van der Waals surface area contributed by atoms with E-state index in [2.05, 4.69) is 17.1 Å². The summed E-state index contributed by atoms with van der Waals surface area (Å²) in [6.07, 6.45) is 0.677. The van der Waals surface area contributed by atoms with Crippen molar-refractivity contribution in [2.24, 2.45) is 4.99 Å². The molecule has 32 heavy (non-hydrogen) atoms. The zero-order valence-electron chi connectivity index (χ0n) is 17.4. The van der Waals surface area contributed by atoms with Gasteiger partial charge in [0.15, 0.2) is 17.3 Å². The van der Waals surface area contributed by atoms with Crippen LogP contribution in [0.4, 0.5) is 5.69 Å². The van der Waals surface area contributed by atoms with E-state index in [0.29, 0.717) is 33.8 Å². The van der Waals surface area contributed by atoms with Crippen LogP contribution in [0.1, 0.15) is 23.1 Å². The molecule has 5 nitrogen and oxygen atoms in total. The first-order valence-corrected chi connectivity index (χ1v) is 11.6. The van der Waals surface area contributed by atoms with Gasteiger partial charge in [-0.1, -0.05) is 41.4 Å². The molecular weight excluding hydrogens is 465 g/mol. The maximum absolute atomic E-state index is 6.20. The smallest absolute Gasteiger partial charge is 0.161 e. The molecule has 1 aliphatic rings. The minimum atomic E-state index is 0.109. The highest BCUT2D eigenvalue weighted by atomic mass is 35.5. The van der Waals surface area contributed by atoms with Crippen molar-refractivity contribution in [2.45, 2.75) is 16.6 Å². The molecule has 1 N–H and O–H groups in total. The van der Waals surface area contributed by atoms with Gasteiger partial charge in [-0.15, -0.1) is 11.8 Å². The first-order chi connectivity index (χ1) is 15.6. The molecule has 8 heteroatoms. The van der Waals surface area contributed by atoms with E-state index >= 15 is 0 Å². The second-order valence-corrected chi connectivity index (χ2v) is 9.38. The second kappa shape index (κ2) is 8.70. The van der Waals surface area contributed by atoms with E-state index in [0.717, 1.165) is 32.9 Å². The molecule has 1 aromatic heterocycles. The quantitative estimate of drug-likeness (QED) is 0.332. The Labute approximate surface area is 199 Å². The first kappa shape index (κ1) is 21.2. The lowest BCUT2D eigenvalue weighted by molar-refractivity contribution is 0.354. The minimum Gasteiger partial charge on any atom is -0.493 e. The molecule has 0 aliphatic carbocycles. The number of methoxy groups -OCH3 is 2. The predicted molar refractivity (Wildman–Crippen MR) is 132 cm³/mol. The molecule has 0 spiro atoms. The van der Waals surface area contributed by atoms with Gasteiger partial charge in [-0.2, -0.15) is 0 Å². The number of hydrogen-bond acceptors (Lipinski definition) is 5. The number of ether oxygens (including phenoxy) is 2. The number of rotatable bonds is 4. The van der Waals surface area contributed by atoms with E-state index in [1.165, 1.54) is 0 Å². The highest BCUT2D eigenvalue weighted by Gasteiger charge is 2.25. The maximum Gasteiger partial charge on any atom is 0.161 e. The van der Waals surface area contributed by atoms with Crippen LogP contribution < -0.4 is 9.47 Å². The Kier molecular flexibility index (Phi) is 5.76. The number of thioether (sulfide) groups is 1. The van der Waals surface area contributed by atoms with Crippen LogP contribution in [0.2, 0.25) is 10.0 Å². The van der Waals surface area contributed by atoms with E-state index in [1.807, 2.05) is 30.3 Å². The third-order valence-corrected chi connectivity index (χ3v) is 7.39. The molecule has 1 atom stereocenters. The molecule has 2 heterocycles. The number of benzene rings is 3. The summed E-state index contributed by atoms with van der Waals surface area (Å²) in [6, 6.07) is 17.7. The average molecular weight is 484 g/mol. The van der Waals surface area contributed by atoms with Gasteiger partial charge in [0.05, 0.1) is 46.7 Å². The first-order valence-electron chi connectivity index (χ1n) is 9.96. The Bertz CT molecular complexity index is 1310. The molecule has 0 amide bonds. The molecule has 0 bridgehead atoms. The number of fused-ring (bicyclic) bond motifs is 2. The van der Waals surface area contributed by atoms with Gasteiger partial charge in [0, 0.05) is 16.6 Å². The molecule has 162 valence electrons. The monoisotopic (exact) mass is 483 g/mol. The highest BCUT2D eigenvalue weighted by Crippen LogP contribution is 2.46. The van der Waals surface area contributed by atoms with E-state index < -0.39 is 0 Å². The van der Waals surface area contributed by atoms with Crippen molar-refractivity contribution in [3.05, 3.63) is 76.0 Å². The number of halogens is 2. The van der Waals surface area contributed by atoms with Crippen molar-refractivity contribution in [1.82, 2.24) is 9.97 Å². The highest BCUT2D eigenvalue weighted by molar-refractivity contribution is 7.99. The molecule has 0 fully saturated rings. The summed E-state index contributed by atoms with van der Waals surface area (Å²) in [5.74, 6) is 2.12. The SMILES string of the molecule is COc1ccc(C2CC(c3nc4cc(Cl)c(Cl)cc4[nH]3)=Nc3ccccc3S2)cc1OC. The van der Waals surface area contributed by atoms with Gasteiger partial charge in [0.25, 0.3) is 0 Å². The second-order valence-electron chi connectivity index (χ2n) is 7.32. The Hall–Kier alpha value is -2.67. The van der Waals surface area contributed by atoms with Gasteiger partial charge in [-0.3, -0.25) is 0 Å². The Balaban J connectivity index is 1.60. The van der Waals surface area contributed by atoms with Crippen molar-refractivity contribution < 1.29 is 9.47 Å². The number of aromatic nitrogens is 2. The van der Waals surface area contributed by atoms with Gasteiger partial charge in [0.1, 0.15) is 0 Å². The standard InChI is InChI=1S/C24H19Cl2N3O2S/c1-30-20-8-7-13(9-21(20)31-2)23-12-19(27-16-5-3-4-6-22(16)32-23)24-28-17-10-14(25)15(26)11-18(17)29-24/h3-11,23H,12H2,1-2H3,(H,28,29). The van der Waals surface area contributed by atoms with Crippen LogP contribution >= 0.6 is 35.0 Å². The number of H-pyrrole nitrogens is 1. The molecule has 0 saturated carbocycles. The number of hydrogen-bond donors (Lipinski definition) is 1. The summed E-state index contributed by atoms with van der Waals surface area (Å²) >= 11 is 14.2. The fraction of sp³-hybridized carbons (Fsp3) is 0.167. The molecule has 4 aromatic rings. The number of para-hydroxylation sites is 1. The fourth-order valence-corrected chi connectivity index (χ4v) is 5.28. The summed E-state index contributed by atoms with van der Waals surface area (Å²) < 4.78 is 10.9. The van der Waals surface area contributed by atoms with Crippen molar-refractivity contribution in [3.63, 3.8) is 0 Å². The molecule has 0 radical (unpaired) electrons. The topological polar surface area (TPSA) is 59.5 Å². The molecule has 3 aromatic carbocycles. The normalized spacial score (nSPS) is 15.8. The van der Waals surface area contributed by atoms with E-state index in [-0.39, 0.29) is 5.25 Å².